The lowest BCUT2D eigenvalue weighted by molar-refractivity contribution is 0.669. The van der Waals surface area contributed by atoms with Crippen LogP contribution < -0.4 is 0 Å². The summed E-state index contributed by atoms with van der Waals surface area (Å²) in [5.41, 5.74) is 3.96. The summed E-state index contributed by atoms with van der Waals surface area (Å²) in [6.45, 7) is 0. The van der Waals surface area contributed by atoms with Crippen molar-refractivity contribution in [2.75, 3.05) is 0 Å². The van der Waals surface area contributed by atoms with Crippen LogP contribution in [0.4, 0.5) is 0 Å². The van der Waals surface area contributed by atoms with E-state index in [1.165, 1.54) is 11.3 Å². The molecule has 0 spiro atoms. The van der Waals surface area contributed by atoms with Crippen LogP contribution in [0.1, 0.15) is 8.22 Å². The van der Waals surface area contributed by atoms with E-state index in [0.717, 1.165) is 42.1 Å². The zero-order valence-corrected chi connectivity index (χ0v) is 28.2. The molecule has 11 aromatic rings. The molecule has 11 rings (SSSR count). The number of thiophene rings is 2. The van der Waals surface area contributed by atoms with Crippen LogP contribution in [0.5, 0.6) is 0 Å². The molecule has 0 bridgehead atoms. The number of fused-ring (bicyclic) bond motifs is 9. The molecule has 4 heterocycles. The fraction of sp³-hybridized carbons (Fsp3) is 0. The highest BCUT2D eigenvalue weighted by Crippen LogP contribution is 2.45. The van der Waals surface area contributed by atoms with Gasteiger partial charge < -0.3 is 4.42 Å². The molecule has 0 amide bonds. The summed E-state index contributed by atoms with van der Waals surface area (Å²) in [6.07, 6.45) is 0. The molecule has 4 aromatic heterocycles. The summed E-state index contributed by atoms with van der Waals surface area (Å²) >= 11 is 2.83. The predicted molar refractivity (Wildman–Crippen MR) is 215 cm³/mol. The number of para-hydroxylation sites is 1. The molecule has 4 nitrogen and oxygen atoms in total. The lowest BCUT2D eigenvalue weighted by Gasteiger charge is -2.09. The Morgan fingerprint density at radius 3 is 2.06 bits per heavy atom. The van der Waals surface area contributed by atoms with Gasteiger partial charge in [-0.15, -0.1) is 22.7 Å². The summed E-state index contributed by atoms with van der Waals surface area (Å²) in [5, 5.41) is 4.32. The molecule has 0 aliphatic rings. The minimum absolute atomic E-state index is 0.0663. The third-order valence-electron chi connectivity index (χ3n) is 9.27. The first-order chi connectivity index (χ1) is 27.8. The molecule has 7 aromatic carbocycles. The highest BCUT2D eigenvalue weighted by atomic mass is 32.1. The first kappa shape index (κ1) is 23.2. The van der Waals surface area contributed by atoms with E-state index in [1.54, 1.807) is 11.3 Å². The van der Waals surface area contributed by atoms with Gasteiger partial charge in [0.25, 0.3) is 0 Å². The Morgan fingerprint density at radius 2 is 1.14 bits per heavy atom. The standard InChI is InChI=1S/C45H25N3OS2/c1-2-11-26(12-3-1)43-46-44(48-45(47-43)35-19-9-17-31-28-13-5-7-22-38(28)50-42(31)35)27-23-24-29-32-16-8-18-33(41(32)51-39(29)25-27)30-15-10-21-37-40(30)34-14-4-6-20-36(34)49-37/h1-25H/i8D,16D,18D,23D,24D,25D. The minimum Gasteiger partial charge on any atom is -0.456 e. The van der Waals surface area contributed by atoms with E-state index in [-0.39, 0.29) is 58.4 Å². The van der Waals surface area contributed by atoms with E-state index >= 15 is 0 Å². The molecule has 0 radical (unpaired) electrons. The monoisotopic (exact) mass is 693 g/mol. The molecule has 238 valence electrons. The van der Waals surface area contributed by atoms with Gasteiger partial charge in [0.05, 0.1) is 8.22 Å². The van der Waals surface area contributed by atoms with Crippen molar-refractivity contribution in [1.29, 1.82) is 0 Å². The van der Waals surface area contributed by atoms with Crippen LogP contribution in [0.25, 0.3) is 108 Å². The van der Waals surface area contributed by atoms with Crippen molar-refractivity contribution in [3.8, 4) is 45.3 Å². The SMILES string of the molecule is [2H]c1c([2H])c([2H])c2c(sc3c([2H])c(-c4nc(-c5ccccc5)nc(-c5cccc6c5sc5ccccc56)n4)c([2H])c([2H])c32)c1-c1cccc2oc3ccccc3c12. The van der Waals surface area contributed by atoms with Gasteiger partial charge in [-0.3, -0.25) is 0 Å². The van der Waals surface area contributed by atoms with Crippen LogP contribution in [0.15, 0.2) is 156 Å². The van der Waals surface area contributed by atoms with Gasteiger partial charge in [-0.2, -0.15) is 0 Å². The summed E-state index contributed by atoms with van der Waals surface area (Å²) in [4.78, 5) is 14.8. The number of hydrogen-bond donors (Lipinski definition) is 0. The third kappa shape index (κ3) is 4.47. The van der Waals surface area contributed by atoms with Gasteiger partial charge in [0.15, 0.2) is 17.5 Å². The van der Waals surface area contributed by atoms with Gasteiger partial charge in [-0.1, -0.05) is 121 Å². The van der Waals surface area contributed by atoms with Crippen LogP contribution in [-0.2, 0) is 0 Å². The molecule has 6 heteroatoms. The molecule has 0 aliphatic carbocycles. The number of benzene rings is 7. The molecule has 0 saturated carbocycles. The largest absolute Gasteiger partial charge is 0.456 e. The second-order valence-corrected chi connectivity index (χ2v) is 14.3. The first-order valence-electron chi connectivity index (χ1n) is 19.4. The van der Waals surface area contributed by atoms with E-state index in [0.29, 0.717) is 43.3 Å². The smallest absolute Gasteiger partial charge is 0.165 e. The van der Waals surface area contributed by atoms with E-state index in [4.69, 9.17) is 22.1 Å². The van der Waals surface area contributed by atoms with Crippen LogP contribution in [0.2, 0.25) is 0 Å². The normalized spacial score (nSPS) is 13.6. The van der Waals surface area contributed by atoms with Crippen LogP contribution in [-0.4, -0.2) is 15.0 Å². The lowest BCUT2D eigenvalue weighted by Crippen LogP contribution is -2.00. The van der Waals surface area contributed by atoms with Crippen molar-refractivity contribution in [1.82, 2.24) is 15.0 Å². The van der Waals surface area contributed by atoms with Gasteiger partial charge in [0, 0.05) is 73.4 Å². The topological polar surface area (TPSA) is 51.8 Å². The quantitative estimate of drug-likeness (QED) is 0.184. The second-order valence-electron chi connectivity index (χ2n) is 12.2. The average molecular weight is 694 g/mol. The summed E-state index contributed by atoms with van der Waals surface area (Å²) < 4.78 is 65.0. The van der Waals surface area contributed by atoms with Crippen molar-refractivity contribution in [2.45, 2.75) is 0 Å². The maximum absolute atomic E-state index is 9.71. The maximum atomic E-state index is 9.71. The predicted octanol–water partition coefficient (Wildman–Crippen LogP) is 13.2. The van der Waals surface area contributed by atoms with Gasteiger partial charge in [0.1, 0.15) is 11.2 Å². The summed E-state index contributed by atoms with van der Waals surface area (Å²) in [6, 6.07) is 35.8. The molecule has 51 heavy (non-hydrogen) atoms. The molecular weight excluding hydrogens is 663 g/mol. The molecule has 0 atom stereocenters. The Kier molecular flexibility index (Phi) is 5.08. The van der Waals surface area contributed by atoms with Crippen molar-refractivity contribution in [2.24, 2.45) is 0 Å². The number of nitrogens with zero attached hydrogens (tertiary/aromatic N) is 3. The van der Waals surface area contributed by atoms with Crippen LogP contribution >= 0.6 is 22.7 Å². The minimum atomic E-state index is -0.298. The van der Waals surface area contributed by atoms with Crippen LogP contribution in [0.3, 0.4) is 0 Å². The number of rotatable bonds is 4. The van der Waals surface area contributed by atoms with Crippen molar-refractivity contribution in [3.05, 3.63) is 152 Å². The zero-order chi connectivity index (χ0) is 38.7. The summed E-state index contributed by atoms with van der Waals surface area (Å²) in [5.74, 6) is 0.833. The molecule has 0 unspecified atom stereocenters. The highest BCUT2D eigenvalue weighted by Gasteiger charge is 2.19. The van der Waals surface area contributed by atoms with Gasteiger partial charge >= 0.3 is 0 Å². The Morgan fingerprint density at radius 1 is 0.451 bits per heavy atom. The number of hydrogen-bond acceptors (Lipinski definition) is 6. The molecule has 0 aliphatic heterocycles. The van der Waals surface area contributed by atoms with Gasteiger partial charge in [-0.25, -0.2) is 15.0 Å². The molecule has 0 N–H and O–H groups in total. The van der Waals surface area contributed by atoms with E-state index in [1.807, 2.05) is 97.1 Å². The Labute approximate surface area is 308 Å². The molecule has 0 fully saturated rings. The first-order valence-corrected chi connectivity index (χ1v) is 18.0. The van der Waals surface area contributed by atoms with Crippen molar-refractivity contribution in [3.63, 3.8) is 0 Å². The number of aromatic nitrogens is 3. The number of furan rings is 1. The Bertz CT molecular complexity index is 3510. The summed E-state index contributed by atoms with van der Waals surface area (Å²) in [7, 11) is 0. The average Bonchev–Trinajstić information content (AvgIpc) is 3.95. The third-order valence-corrected chi connectivity index (χ3v) is 11.6. The molecule has 0 saturated heterocycles. The lowest BCUT2D eigenvalue weighted by atomic mass is 9.98. The Hall–Kier alpha value is -6.21. The zero-order valence-electron chi connectivity index (χ0n) is 32.5. The fourth-order valence-electron chi connectivity index (χ4n) is 6.95. The highest BCUT2D eigenvalue weighted by molar-refractivity contribution is 7.26. The molecular formula is C45H25N3OS2. The van der Waals surface area contributed by atoms with E-state index < -0.39 is 0 Å². The van der Waals surface area contributed by atoms with Gasteiger partial charge in [0.2, 0.25) is 0 Å². The second kappa shape index (κ2) is 11.2. The van der Waals surface area contributed by atoms with Gasteiger partial charge in [-0.05, 0) is 35.9 Å². The van der Waals surface area contributed by atoms with Crippen molar-refractivity contribution >= 4 is 85.0 Å². The van der Waals surface area contributed by atoms with E-state index in [9.17, 15) is 5.48 Å². The fourth-order valence-corrected chi connectivity index (χ4v) is 9.29. The Balaban J connectivity index is 1.21. The maximum Gasteiger partial charge on any atom is 0.165 e. The van der Waals surface area contributed by atoms with Crippen LogP contribution in [0, 0.1) is 0 Å². The van der Waals surface area contributed by atoms with E-state index in [2.05, 4.69) is 18.2 Å². The van der Waals surface area contributed by atoms with Crippen molar-refractivity contribution < 1.29 is 12.6 Å².